The molecule has 0 atom stereocenters. The number of methoxy groups -OCH3 is 3. The average molecular weight is 329 g/mol. The number of nitrogens with zero attached hydrogens (tertiary/aromatic N) is 1. The second-order valence-electron chi connectivity index (χ2n) is 5.21. The predicted octanol–water partition coefficient (Wildman–Crippen LogP) is 2.95. The van der Waals surface area contributed by atoms with Gasteiger partial charge in [0, 0.05) is 17.8 Å². The number of aliphatic imine (C=N–C) groups is 1. The van der Waals surface area contributed by atoms with Crippen molar-refractivity contribution in [2.24, 2.45) is 10.7 Å². The number of nitrogens with one attached hydrogen (secondary N) is 1. The number of ether oxygens (including phenoxy) is 3. The second-order valence-corrected chi connectivity index (χ2v) is 5.21. The summed E-state index contributed by atoms with van der Waals surface area (Å²) in [6, 6.07) is 11.5. The van der Waals surface area contributed by atoms with Crippen molar-refractivity contribution in [3.05, 3.63) is 47.5 Å². The zero-order chi connectivity index (χ0) is 17.5. The fourth-order valence-corrected chi connectivity index (χ4v) is 2.31. The van der Waals surface area contributed by atoms with Gasteiger partial charge in [0.15, 0.2) is 5.96 Å². The minimum absolute atomic E-state index is 0.320. The van der Waals surface area contributed by atoms with E-state index in [2.05, 4.69) is 10.3 Å². The Hall–Kier alpha value is -2.89. The van der Waals surface area contributed by atoms with Crippen molar-refractivity contribution < 1.29 is 14.2 Å². The van der Waals surface area contributed by atoms with Gasteiger partial charge in [-0.15, -0.1) is 0 Å². The molecule has 0 fully saturated rings. The standard InChI is InChI=1S/C18H23N3O3/c1-12-6-5-7-13(8-12)21-18(19)20-11-15-16(23-3)9-14(22-2)10-17(15)24-4/h5-10H,11H2,1-4H3,(H3,19,20,21). The third-order valence-corrected chi connectivity index (χ3v) is 3.52. The van der Waals surface area contributed by atoms with Crippen LogP contribution in [-0.4, -0.2) is 27.3 Å². The lowest BCUT2D eigenvalue weighted by molar-refractivity contribution is 0.369. The van der Waals surface area contributed by atoms with Crippen molar-refractivity contribution in [2.45, 2.75) is 13.5 Å². The van der Waals surface area contributed by atoms with Gasteiger partial charge < -0.3 is 25.3 Å². The van der Waals surface area contributed by atoms with Crippen LogP contribution in [0.25, 0.3) is 0 Å². The van der Waals surface area contributed by atoms with E-state index in [-0.39, 0.29) is 0 Å². The van der Waals surface area contributed by atoms with Gasteiger partial charge in [-0.05, 0) is 24.6 Å². The van der Waals surface area contributed by atoms with Crippen molar-refractivity contribution in [2.75, 3.05) is 26.6 Å². The van der Waals surface area contributed by atoms with Gasteiger partial charge in [0.25, 0.3) is 0 Å². The topological polar surface area (TPSA) is 78.1 Å². The van der Waals surface area contributed by atoms with E-state index in [0.717, 1.165) is 16.8 Å². The number of benzene rings is 2. The molecule has 2 aromatic carbocycles. The molecule has 128 valence electrons. The Balaban J connectivity index is 2.20. The molecule has 0 aliphatic heterocycles. The van der Waals surface area contributed by atoms with Crippen LogP contribution in [0.1, 0.15) is 11.1 Å². The van der Waals surface area contributed by atoms with Crippen molar-refractivity contribution >= 4 is 11.6 Å². The molecule has 0 unspecified atom stereocenters. The summed E-state index contributed by atoms with van der Waals surface area (Å²) in [5.41, 5.74) is 8.81. The monoisotopic (exact) mass is 329 g/mol. The number of anilines is 1. The van der Waals surface area contributed by atoms with E-state index >= 15 is 0 Å². The lowest BCUT2D eigenvalue weighted by Crippen LogP contribution is -2.22. The van der Waals surface area contributed by atoms with Gasteiger partial charge in [-0.2, -0.15) is 0 Å². The molecule has 0 bridgehead atoms. The average Bonchev–Trinajstić information content (AvgIpc) is 2.59. The second kappa shape index (κ2) is 8.10. The van der Waals surface area contributed by atoms with Gasteiger partial charge in [-0.1, -0.05) is 12.1 Å². The fraction of sp³-hybridized carbons (Fsp3) is 0.278. The number of rotatable bonds is 6. The molecule has 24 heavy (non-hydrogen) atoms. The maximum absolute atomic E-state index is 5.98. The van der Waals surface area contributed by atoms with Crippen LogP contribution in [0.15, 0.2) is 41.4 Å². The summed E-state index contributed by atoms with van der Waals surface area (Å²) in [6.45, 7) is 2.34. The minimum atomic E-state index is 0.320. The van der Waals surface area contributed by atoms with Crippen molar-refractivity contribution in [3.8, 4) is 17.2 Å². The van der Waals surface area contributed by atoms with Gasteiger partial charge >= 0.3 is 0 Å². The van der Waals surface area contributed by atoms with Crippen LogP contribution in [-0.2, 0) is 6.54 Å². The first kappa shape index (κ1) is 17.5. The first-order valence-electron chi connectivity index (χ1n) is 7.50. The maximum atomic E-state index is 5.98. The van der Waals surface area contributed by atoms with Gasteiger partial charge in [0.2, 0.25) is 0 Å². The molecular weight excluding hydrogens is 306 g/mol. The SMILES string of the molecule is COc1cc(OC)c(CN=C(N)Nc2cccc(C)c2)c(OC)c1. The molecule has 0 aliphatic rings. The molecule has 2 aromatic rings. The molecule has 6 heteroatoms. The van der Waals surface area contributed by atoms with E-state index in [1.165, 1.54) is 0 Å². The molecule has 0 amide bonds. The fourth-order valence-electron chi connectivity index (χ4n) is 2.31. The summed E-state index contributed by atoms with van der Waals surface area (Å²) in [7, 11) is 4.78. The molecule has 0 saturated heterocycles. The van der Waals surface area contributed by atoms with E-state index in [1.54, 1.807) is 33.5 Å². The number of hydrogen-bond acceptors (Lipinski definition) is 4. The Morgan fingerprint density at radius 2 is 1.71 bits per heavy atom. The summed E-state index contributed by atoms with van der Waals surface area (Å²) in [5.74, 6) is 2.25. The molecular formula is C18H23N3O3. The van der Waals surface area contributed by atoms with Crippen molar-refractivity contribution in [1.29, 1.82) is 0 Å². The zero-order valence-electron chi connectivity index (χ0n) is 14.4. The van der Waals surface area contributed by atoms with E-state index < -0.39 is 0 Å². The predicted molar refractivity (Wildman–Crippen MR) is 96.2 cm³/mol. The number of nitrogens with two attached hydrogens (primary N) is 1. The van der Waals surface area contributed by atoms with Crippen LogP contribution >= 0.6 is 0 Å². The smallest absolute Gasteiger partial charge is 0.193 e. The number of hydrogen-bond donors (Lipinski definition) is 2. The van der Waals surface area contributed by atoms with Crippen molar-refractivity contribution in [1.82, 2.24) is 0 Å². The lowest BCUT2D eigenvalue weighted by Gasteiger charge is -2.14. The normalized spacial score (nSPS) is 11.1. The molecule has 0 saturated carbocycles. The molecule has 0 spiro atoms. The van der Waals surface area contributed by atoms with Crippen LogP contribution in [0.3, 0.4) is 0 Å². The van der Waals surface area contributed by atoms with E-state index in [4.69, 9.17) is 19.9 Å². The third kappa shape index (κ3) is 4.32. The Morgan fingerprint density at radius 3 is 2.25 bits per heavy atom. The Kier molecular flexibility index (Phi) is 5.89. The highest BCUT2D eigenvalue weighted by atomic mass is 16.5. The molecule has 0 aromatic heterocycles. The molecule has 0 aliphatic carbocycles. The van der Waals surface area contributed by atoms with E-state index in [0.29, 0.717) is 29.8 Å². The highest BCUT2D eigenvalue weighted by molar-refractivity contribution is 5.92. The third-order valence-electron chi connectivity index (χ3n) is 3.52. The van der Waals surface area contributed by atoms with Crippen LogP contribution in [0, 0.1) is 6.92 Å². The van der Waals surface area contributed by atoms with Gasteiger partial charge in [-0.3, -0.25) is 0 Å². The Morgan fingerprint density at radius 1 is 1.04 bits per heavy atom. The molecule has 0 radical (unpaired) electrons. The summed E-state index contributed by atoms with van der Waals surface area (Å²) < 4.78 is 16.0. The first-order valence-corrected chi connectivity index (χ1v) is 7.50. The summed E-state index contributed by atoms with van der Waals surface area (Å²) >= 11 is 0. The largest absolute Gasteiger partial charge is 0.496 e. The van der Waals surface area contributed by atoms with Crippen LogP contribution in [0.2, 0.25) is 0 Å². The van der Waals surface area contributed by atoms with Gasteiger partial charge in [0.05, 0.1) is 33.4 Å². The molecule has 3 N–H and O–H groups in total. The lowest BCUT2D eigenvalue weighted by atomic mass is 10.1. The van der Waals surface area contributed by atoms with Crippen LogP contribution in [0.4, 0.5) is 5.69 Å². The number of aryl methyl sites for hydroxylation is 1. The van der Waals surface area contributed by atoms with Gasteiger partial charge in [0.1, 0.15) is 17.2 Å². The minimum Gasteiger partial charge on any atom is -0.496 e. The number of guanidine groups is 1. The first-order chi connectivity index (χ1) is 11.6. The highest BCUT2D eigenvalue weighted by Crippen LogP contribution is 2.34. The Labute approximate surface area is 142 Å². The quantitative estimate of drug-likeness (QED) is 0.629. The zero-order valence-corrected chi connectivity index (χ0v) is 14.4. The summed E-state index contributed by atoms with van der Waals surface area (Å²) in [5, 5.41) is 3.07. The highest BCUT2D eigenvalue weighted by Gasteiger charge is 2.13. The van der Waals surface area contributed by atoms with E-state index in [9.17, 15) is 0 Å². The molecule has 0 heterocycles. The van der Waals surface area contributed by atoms with Crippen LogP contribution in [0.5, 0.6) is 17.2 Å². The van der Waals surface area contributed by atoms with Crippen LogP contribution < -0.4 is 25.3 Å². The summed E-state index contributed by atoms with van der Waals surface area (Å²) in [6.07, 6.45) is 0. The molecule has 2 rings (SSSR count). The van der Waals surface area contributed by atoms with Gasteiger partial charge in [-0.25, -0.2) is 4.99 Å². The molecule has 6 nitrogen and oxygen atoms in total. The summed E-state index contributed by atoms with van der Waals surface area (Å²) in [4.78, 5) is 4.37. The Bertz CT molecular complexity index is 704. The van der Waals surface area contributed by atoms with E-state index in [1.807, 2.05) is 31.2 Å². The maximum Gasteiger partial charge on any atom is 0.193 e. The van der Waals surface area contributed by atoms with Crippen molar-refractivity contribution in [3.63, 3.8) is 0 Å².